The first-order chi connectivity index (χ1) is 7.04. The Hall–Kier alpha value is -1.51. The second-order valence-corrected chi connectivity index (χ2v) is 3.80. The molecule has 1 atom stereocenters. The molecule has 0 aliphatic carbocycles. The van der Waals surface area contributed by atoms with Gasteiger partial charge in [-0.1, -0.05) is 19.1 Å². The minimum absolute atomic E-state index is 0.159. The third-order valence-corrected chi connectivity index (χ3v) is 2.50. The van der Waals surface area contributed by atoms with Crippen molar-refractivity contribution in [1.82, 2.24) is 0 Å². The third-order valence-electron chi connectivity index (χ3n) is 2.50. The summed E-state index contributed by atoms with van der Waals surface area (Å²) in [5, 5.41) is 0. The van der Waals surface area contributed by atoms with Gasteiger partial charge in [0.25, 0.3) is 0 Å². The van der Waals surface area contributed by atoms with Crippen molar-refractivity contribution in [3.63, 3.8) is 0 Å². The van der Waals surface area contributed by atoms with Gasteiger partial charge in [0, 0.05) is 6.42 Å². The standard InChI is InChI=1S/C12H17NO2/c1-8(7-12(13)14)10-4-5-11(15-3)9(2)6-10/h4-6,8H,7H2,1-3H3,(H2,13,14). The van der Waals surface area contributed by atoms with Crippen molar-refractivity contribution in [3.05, 3.63) is 29.3 Å². The zero-order valence-electron chi connectivity index (χ0n) is 9.41. The number of benzene rings is 1. The Morgan fingerprint density at radius 3 is 2.67 bits per heavy atom. The highest BCUT2D eigenvalue weighted by Crippen LogP contribution is 2.25. The third kappa shape index (κ3) is 2.98. The average molecular weight is 207 g/mol. The van der Waals surface area contributed by atoms with Crippen molar-refractivity contribution < 1.29 is 9.53 Å². The highest BCUT2D eigenvalue weighted by atomic mass is 16.5. The molecule has 0 aliphatic rings. The van der Waals surface area contributed by atoms with E-state index in [1.54, 1.807) is 7.11 Å². The van der Waals surface area contributed by atoms with Crippen LogP contribution in [-0.4, -0.2) is 13.0 Å². The van der Waals surface area contributed by atoms with Crippen LogP contribution >= 0.6 is 0 Å². The highest BCUT2D eigenvalue weighted by Gasteiger charge is 2.10. The minimum Gasteiger partial charge on any atom is -0.496 e. The molecule has 0 bridgehead atoms. The lowest BCUT2D eigenvalue weighted by Gasteiger charge is -2.12. The van der Waals surface area contributed by atoms with Gasteiger partial charge in [-0.15, -0.1) is 0 Å². The predicted molar refractivity (Wildman–Crippen MR) is 60.0 cm³/mol. The Balaban J connectivity index is 2.87. The summed E-state index contributed by atoms with van der Waals surface area (Å²) in [5.74, 6) is 0.758. The summed E-state index contributed by atoms with van der Waals surface area (Å²) in [7, 11) is 1.65. The van der Waals surface area contributed by atoms with Crippen LogP contribution in [0.2, 0.25) is 0 Å². The molecular weight excluding hydrogens is 190 g/mol. The van der Waals surface area contributed by atoms with E-state index in [0.29, 0.717) is 6.42 Å². The summed E-state index contributed by atoms with van der Waals surface area (Å²) in [4.78, 5) is 10.8. The minimum atomic E-state index is -0.268. The van der Waals surface area contributed by atoms with Gasteiger partial charge in [-0.3, -0.25) is 4.79 Å². The molecule has 1 aromatic carbocycles. The number of amides is 1. The van der Waals surface area contributed by atoms with Crippen LogP contribution in [-0.2, 0) is 4.79 Å². The fourth-order valence-electron chi connectivity index (χ4n) is 1.63. The molecule has 0 fully saturated rings. The van der Waals surface area contributed by atoms with E-state index in [1.165, 1.54) is 0 Å². The monoisotopic (exact) mass is 207 g/mol. The Labute approximate surface area is 90.2 Å². The molecule has 0 saturated heterocycles. The number of hydrogen-bond acceptors (Lipinski definition) is 2. The lowest BCUT2D eigenvalue weighted by molar-refractivity contribution is -0.118. The topological polar surface area (TPSA) is 52.3 Å². The van der Waals surface area contributed by atoms with Gasteiger partial charge in [0.2, 0.25) is 5.91 Å². The van der Waals surface area contributed by atoms with Gasteiger partial charge >= 0.3 is 0 Å². The first kappa shape index (κ1) is 11.6. The molecule has 2 N–H and O–H groups in total. The van der Waals surface area contributed by atoms with E-state index in [0.717, 1.165) is 16.9 Å². The quantitative estimate of drug-likeness (QED) is 0.820. The number of carbonyl (C=O) groups excluding carboxylic acids is 1. The molecule has 0 heterocycles. The number of hydrogen-bond donors (Lipinski definition) is 1. The molecule has 0 radical (unpaired) electrons. The van der Waals surface area contributed by atoms with Gasteiger partial charge in [0.15, 0.2) is 0 Å². The van der Waals surface area contributed by atoms with Crippen LogP contribution in [0.25, 0.3) is 0 Å². The van der Waals surface area contributed by atoms with Crippen LogP contribution in [0.5, 0.6) is 5.75 Å². The van der Waals surface area contributed by atoms with E-state index >= 15 is 0 Å². The summed E-state index contributed by atoms with van der Waals surface area (Å²) in [5.41, 5.74) is 7.35. The maximum atomic E-state index is 10.8. The average Bonchev–Trinajstić information content (AvgIpc) is 2.16. The van der Waals surface area contributed by atoms with Gasteiger partial charge in [-0.25, -0.2) is 0 Å². The number of ether oxygens (including phenoxy) is 1. The fourth-order valence-corrected chi connectivity index (χ4v) is 1.63. The largest absolute Gasteiger partial charge is 0.496 e. The van der Waals surface area contributed by atoms with Gasteiger partial charge in [0.1, 0.15) is 5.75 Å². The molecule has 3 nitrogen and oxygen atoms in total. The van der Waals surface area contributed by atoms with Gasteiger partial charge in [0.05, 0.1) is 7.11 Å². The molecule has 1 rings (SSSR count). The van der Waals surface area contributed by atoms with Crippen molar-refractivity contribution in [2.75, 3.05) is 7.11 Å². The molecule has 82 valence electrons. The van der Waals surface area contributed by atoms with Crippen LogP contribution in [0.1, 0.15) is 30.4 Å². The molecule has 1 aromatic rings. The first-order valence-electron chi connectivity index (χ1n) is 4.97. The number of rotatable bonds is 4. The molecule has 0 aliphatic heterocycles. The Kier molecular flexibility index (Phi) is 3.72. The fraction of sp³-hybridized carbons (Fsp3) is 0.417. The van der Waals surface area contributed by atoms with E-state index in [2.05, 4.69) is 0 Å². The second-order valence-electron chi connectivity index (χ2n) is 3.80. The van der Waals surface area contributed by atoms with E-state index in [9.17, 15) is 4.79 Å². The molecule has 0 saturated carbocycles. The number of primary amides is 1. The van der Waals surface area contributed by atoms with E-state index in [4.69, 9.17) is 10.5 Å². The number of nitrogens with two attached hydrogens (primary N) is 1. The summed E-state index contributed by atoms with van der Waals surface area (Å²) in [6.45, 7) is 3.98. The Morgan fingerprint density at radius 1 is 1.53 bits per heavy atom. The van der Waals surface area contributed by atoms with Crippen molar-refractivity contribution in [2.24, 2.45) is 5.73 Å². The molecule has 1 unspecified atom stereocenters. The highest BCUT2D eigenvalue weighted by molar-refractivity contribution is 5.74. The Bertz CT molecular complexity index is 361. The molecule has 15 heavy (non-hydrogen) atoms. The molecular formula is C12H17NO2. The van der Waals surface area contributed by atoms with Gasteiger partial charge in [-0.2, -0.15) is 0 Å². The number of carbonyl (C=O) groups is 1. The maximum Gasteiger partial charge on any atom is 0.218 e. The predicted octanol–water partition coefficient (Wildman–Crippen LogP) is 1.98. The molecule has 3 heteroatoms. The van der Waals surface area contributed by atoms with Crippen LogP contribution in [0, 0.1) is 6.92 Å². The smallest absolute Gasteiger partial charge is 0.218 e. The number of aryl methyl sites for hydroxylation is 1. The molecule has 1 amide bonds. The van der Waals surface area contributed by atoms with Crippen LogP contribution < -0.4 is 10.5 Å². The first-order valence-corrected chi connectivity index (χ1v) is 4.97. The maximum absolute atomic E-state index is 10.8. The summed E-state index contributed by atoms with van der Waals surface area (Å²) < 4.78 is 5.17. The zero-order valence-corrected chi connectivity index (χ0v) is 9.41. The lowest BCUT2D eigenvalue weighted by Crippen LogP contribution is -2.13. The van der Waals surface area contributed by atoms with Crippen molar-refractivity contribution in [1.29, 1.82) is 0 Å². The zero-order chi connectivity index (χ0) is 11.4. The van der Waals surface area contributed by atoms with Crippen molar-refractivity contribution in [2.45, 2.75) is 26.2 Å². The SMILES string of the molecule is COc1ccc(C(C)CC(N)=O)cc1C. The summed E-state index contributed by atoms with van der Waals surface area (Å²) in [6, 6.07) is 5.92. The lowest BCUT2D eigenvalue weighted by atomic mass is 9.96. The van der Waals surface area contributed by atoms with Crippen LogP contribution in [0.4, 0.5) is 0 Å². The second kappa shape index (κ2) is 4.82. The van der Waals surface area contributed by atoms with Crippen molar-refractivity contribution in [3.8, 4) is 5.75 Å². The van der Waals surface area contributed by atoms with Crippen LogP contribution in [0.15, 0.2) is 18.2 Å². The Morgan fingerprint density at radius 2 is 2.20 bits per heavy atom. The van der Waals surface area contributed by atoms with E-state index in [-0.39, 0.29) is 11.8 Å². The molecule has 0 aromatic heterocycles. The summed E-state index contributed by atoms with van der Waals surface area (Å²) in [6.07, 6.45) is 0.381. The van der Waals surface area contributed by atoms with E-state index in [1.807, 2.05) is 32.0 Å². The van der Waals surface area contributed by atoms with E-state index < -0.39 is 0 Å². The van der Waals surface area contributed by atoms with Gasteiger partial charge < -0.3 is 10.5 Å². The molecule has 0 spiro atoms. The van der Waals surface area contributed by atoms with Crippen LogP contribution in [0.3, 0.4) is 0 Å². The van der Waals surface area contributed by atoms with Gasteiger partial charge in [-0.05, 0) is 30.0 Å². The number of methoxy groups -OCH3 is 1. The summed E-state index contributed by atoms with van der Waals surface area (Å²) >= 11 is 0. The normalized spacial score (nSPS) is 12.2. The van der Waals surface area contributed by atoms with Crippen molar-refractivity contribution >= 4 is 5.91 Å².